The zero-order valence-electron chi connectivity index (χ0n) is 16.5. The van der Waals surface area contributed by atoms with E-state index in [0.29, 0.717) is 31.3 Å². The Kier molecular flexibility index (Phi) is 5.32. The van der Waals surface area contributed by atoms with Crippen LogP contribution < -0.4 is 9.47 Å². The molecule has 0 N–H and O–H groups in total. The van der Waals surface area contributed by atoms with Crippen LogP contribution in [0.15, 0.2) is 48.8 Å². The summed E-state index contributed by atoms with van der Waals surface area (Å²) in [5, 5.41) is 0. The number of para-hydroxylation sites is 1. The Hall–Kier alpha value is -2.83. The number of fused-ring (bicyclic) bond motifs is 1. The lowest BCUT2D eigenvalue weighted by atomic mass is 10.1. The second-order valence-electron chi connectivity index (χ2n) is 7.06. The van der Waals surface area contributed by atoms with Gasteiger partial charge in [-0.25, -0.2) is 4.98 Å². The minimum Gasteiger partial charge on any atom is -0.493 e. The van der Waals surface area contributed by atoms with Gasteiger partial charge < -0.3 is 19.1 Å². The zero-order chi connectivity index (χ0) is 19.5. The molecular formula is C22H25N3O3. The number of hydrogen-bond acceptors (Lipinski definition) is 5. The van der Waals surface area contributed by atoms with E-state index in [2.05, 4.69) is 32.7 Å². The van der Waals surface area contributed by atoms with Crippen molar-refractivity contribution in [3.63, 3.8) is 0 Å². The van der Waals surface area contributed by atoms with Gasteiger partial charge in [-0.1, -0.05) is 12.1 Å². The van der Waals surface area contributed by atoms with Crippen LogP contribution in [0.25, 0.3) is 17.1 Å². The predicted octanol–water partition coefficient (Wildman–Crippen LogP) is 3.52. The van der Waals surface area contributed by atoms with E-state index in [1.807, 2.05) is 44.7 Å². The Bertz CT molecular complexity index is 965. The van der Waals surface area contributed by atoms with E-state index < -0.39 is 0 Å². The number of benzene rings is 2. The van der Waals surface area contributed by atoms with Crippen molar-refractivity contribution in [2.45, 2.75) is 13.2 Å². The van der Waals surface area contributed by atoms with E-state index in [4.69, 9.17) is 14.2 Å². The van der Waals surface area contributed by atoms with Gasteiger partial charge in [0.25, 0.3) is 0 Å². The van der Waals surface area contributed by atoms with Crippen LogP contribution in [0.2, 0.25) is 0 Å². The molecule has 0 atom stereocenters. The van der Waals surface area contributed by atoms with Crippen LogP contribution >= 0.6 is 0 Å². The van der Waals surface area contributed by atoms with Gasteiger partial charge in [0.15, 0.2) is 11.5 Å². The van der Waals surface area contributed by atoms with Gasteiger partial charge in [-0.05, 0) is 49.5 Å². The number of nitrogens with zero attached hydrogens (tertiary/aromatic N) is 3. The van der Waals surface area contributed by atoms with E-state index in [0.717, 1.165) is 23.6 Å². The number of rotatable bonds is 7. The molecule has 6 nitrogen and oxygen atoms in total. The summed E-state index contributed by atoms with van der Waals surface area (Å²) in [6.07, 6.45) is 3.78. The summed E-state index contributed by atoms with van der Waals surface area (Å²) in [5.74, 6) is 2.23. The first kappa shape index (κ1) is 18.5. The summed E-state index contributed by atoms with van der Waals surface area (Å²) < 4.78 is 19.3. The third-order valence-corrected chi connectivity index (χ3v) is 4.85. The highest BCUT2D eigenvalue weighted by Crippen LogP contribution is 2.38. The van der Waals surface area contributed by atoms with Crippen LogP contribution in [-0.4, -0.2) is 48.8 Å². The topological polar surface area (TPSA) is 48.8 Å². The van der Waals surface area contributed by atoms with Crippen LogP contribution in [0, 0.1) is 0 Å². The first-order valence-corrected chi connectivity index (χ1v) is 9.35. The van der Waals surface area contributed by atoms with Crippen LogP contribution in [-0.2, 0) is 18.0 Å². The summed E-state index contributed by atoms with van der Waals surface area (Å²) in [4.78, 5) is 6.71. The number of aromatic nitrogens is 2. The molecule has 0 amide bonds. The van der Waals surface area contributed by atoms with Gasteiger partial charge in [0.1, 0.15) is 12.4 Å². The summed E-state index contributed by atoms with van der Waals surface area (Å²) in [6.45, 7) is 2.73. The van der Waals surface area contributed by atoms with Crippen molar-refractivity contribution in [3.8, 4) is 28.6 Å². The Morgan fingerprint density at radius 1 is 1.14 bits per heavy atom. The van der Waals surface area contributed by atoms with Crippen molar-refractivity contribution in [1.29, 1.82) is 0 Å². The average Bonchev–Trinajstić information content (AvgIpc) is 3.36. The largest absolute Gasteiger partial charge is 0.493 e. The van der Waals surface area contributed by atoms with Crippen LogP contribution in [0.1, 0.15) is 11.1 Å². The molecule has 0 unspecified atom stereocenters. The Morgan fingerprint density at radius 2 is 2.00 bits per heavy atom. The minimum absolute atomic E-state index is 0.567. The number of methoxy groups -OCH3 is 1. The lowest BCUT2D eigenvalue weighted by Crippen LogP contribution is -2.19. The highest BCUT2D eigenvalue weighted by molar-refractivity contribution is 5.70. The van der Waals surface area contributed by atoms with Crippen molar-refractivity contribution in [1.82, 2.24) is 14.5 Å². The molecule has 2 heterocycles. The Balaban J connectivity index is 1.73. The molecule has 1 aliphatic heterocycles. The molecule has 1 aliphatic rings. The van der Waals surface area contributed by atoms with Crippen molar-refractivity contribution in [2.75, 3.05) is 34.4 Å². The highest BCUT2D eigenvalue weighted by atomic mass is 16.5. The second-order valence-corrected chi connectivity index (χ2v) is 7.06. The Morgan fingerprint density at radius 3 is 2.82 bits per heavy atom. The first-order chi connectivity index (χ1) is 13.7. The second kappa shape index (κ2) is 8.04. The number of ether oxygens (including phenoxy) is 3. The molecule has 0 aliphatic carbocycles. The Labute approximate surface area is 165 Å². The maximum absolute atomic E-state index is 6.12. The lowest BCUT2D eigenvalue weighted by Gasteiger charge is -2.17. The molecule has 6 heteroatoms. The van der Waals surface area contributed by atoms with Crippen molar-refractivity contribution in [2.24, 2.45) is 0 Å². The molecule has 146 valence electrons. The maximum Gasteiger partial charge on any atom is 0.172 e. The predicted molar refractivity (Wildman–Crippen MR) is 108 cm³/mol. The zero-order valence-corrected chi connectivity index (χ0v) is 16.5. The molecular weight excluding hydrogens is 354 g/mol. The highest BCUT2D eigenvalue weighted by Gasteiger charge is 2.19. The molecule has 0 spiro atoms. The van der Waals surface area contributed by atoms with Crippen molar-refractivity contribution < 1.29 is 14.2 Å². The van der Waals surface area contributed by atoms with E-state index >= 15 is 0 Å². The average molecular weight is 379 g/mol. The van der Waals surface area contributed by atoms with Gasteiger partial charge in [0.05, 0.1) is 25.9 Å². The van der Waals surface area contributed by atoms with Gasteiger partial charge in [0.2, 0.25) is 0 Å². The van der Waals surface area contributed by atoms with Gasteiger partial charge in [0, 0.05) is 24.6 Å². The van der Waals surface area contributed by atoms with Gasteiger partial charge in [-0.3, -0.25) is 4.57 Å². The molecule has 4 rings (SSSR count). The fourth-order valence-electron chi connectivity index (χ4n) is 3.35. The van der Waals surface area contributed by atoms with E-state index in [1.165, 1.54) is 11.1 Å². The fourth-order valence-corrected chi connectivity index (χ4v) is 3.35. The van der Waals surface area contributed by atoms with Gasteiger partial charge in [-0.15, -0.1) is 0 Å². The lowest BCUT2D eigenvalue weighted by molar-refractivity contribution is 0.134. The monoisotopic (exact) mass is 379 g/mol. The summed E-state index contributed by atoms with van der Waals surface area (Å²) in [6, 6.07) is 12.3. The molecule has 1 aromatic heterocycles. The van der Waals surface area contributed by atoms with Crippen LogP contribution in [0.4, 0.5) is 0 Å². The molecule has 2 aromatic carbocycles. The van der Waals surface area contributed by atoms with Crippen LogP contribution in [0.3, 0.4) is 0 Å². The summed E-state index contributed by atoms with van der Waals surface area (Å²) in [7, 11) is 5.71. The smallest absolute Gasteiger partial charge is 0.172 e. The third kappa shape index (κ3) is 3.61. The van der Waals surface area contributed by atoms with E-state index in [-0.39, 0.29) is 0 Å². The van der Waals surface area contributed by atoms with Crippen molar-refractivity contribution in [3.05, 3.63) is 59.9 Å². The summed E-state index contributed by atoms with van der Waals surface area (Å²) in [5.41, 5.74) is 4.43. The first-order valence-electron chi connectivity index (χ1n) is 9.35. The quantitative estimate of drug-likeness (QED) is 0.629. The number of hydrogen-bond donors (Lipinski definition) is 0. The van der Waals surface area contributed by atoms with Crippen molar-refractivity contribution >= 4 is 0 Å². The summed E-state index contributed by atoms with van der Waals surface area (Å²) >= 11 is 0. The maximum atomic E-state index is 6.12. The number of imidazole rings is 1. The third-order valence-electron chi connectivity index (χ3n) is 4.85. The standard InChI is InChI=1S/C22H25N3O3/c1-24(2)11-12-28-21-19(5-4-6-20(21)26-3)22-23-9-10-25(22)18-8-7-16-14-27-15-17(16)13-18/h4-10,13H,11-12,14-15H2,1-3H3. The van der Waals surface area contributed by atoms with E-state index in [1.54, 1.807) is 7.11 Å². The molecule has 0 bridgehead atoms. The van der Waals surface area contributed by atoms with Crippen LogP contribution in [0.5, 0.6) is 11.5 Å². The molecule has 0 saturated heterocycles. The normalized spacial score (nSPS) is 13.0. The molecule has 3 aromatic rings. The molecule has 28 heavy (non-hydrogen) atoms. The minimum atomic E-state index is 0.567. The SMILES string of the molecule is COc1cccc(-c2nccn2-c2ccc3c(c2)COC3)c1OCCN(C)C. The molecule has 0 saturated carbocycles. The number of likely N-dealkylation sites (N-methyl/N-ethyl adjacent to an activating group) is 1. The van der Waals surface area contributed by atoms with Gasteiger partial charge >= 0.3 is 0 Å². The fraction of sp³-hybridized carbons (Fsp3) is 0.318. The van der Waals surface area contributed by atoms with Gasteiger partial charge in [-0.2, -0.15) is 0 Å². The van der Waals surface area contributed by atoms with E-state index in [9.17, 15) is 0 Å². The molecule has 0 fully saturated rings. The molecule has 0 radical (unpaired) electrons.